The van der Waals surface area contributed by atoms with Crippen LogP contribution in [0, 0.1) is 6.92 Å². The first-order chi connectivity index (χ1) is 8.61. The van der Waals surface area contributed by atoms with E-state index < -0.39 is 5.97 Å². The van der Waals surface area contributed by atoms with Gasteiger partial charge in [-0.25, -0.2) is 14.5 Å². The third-order valence-corrected chi connectivity index (χ3v) is 3.12. The highest BCUT2D eigenvalue weighted by Gasteiger charge is 2.19. The number of hydrogen-bond donors (Lipinski definition) is 1. The highest BCUT2D eigenvalue weighted by Crippen LogP contribution is 2.12. The molecular weight excluding hydrogens is 256 g/mol. The molecule has 1 N–H and O–H groups in total. The normalized spacial score (nSPS) is 10.8. The Morgan fingerprint density at radius 1 is 1.61 bits per heavy atom. The van der Waals surface area contributed by atoms with Crippen molar-refractivity contribution in [2.24, 2.45) is 0 Å². The summed E-state index contributed by atoms with van der Waals surface area (Å²) in [5.41, 5.74) is 1.19. The Labute approximate surface area is 107 Å². The number of aryl methyl sites for hydroxylation is 1. The molecule has 0 spiro atoms. The number of aromatic carboxylic acids is 1. The van der Waals surface area contributed by atoms with Gasteiger partial charge in [-0.1, -0.05) is 5.21 Å². The molecule has 8 heteroatoms. The second-order valence-corrected chi connectivity index (χ2v) is 4.70. The number of rotatable bonds is 5. The van der Waals surface area contributed by atoms with Crippen LogP contribution in [-0.4, -0.2) is 38.2 Å². The van der Waals surface area contributed by atoms with Crippen LogP contribution < -0.4 is 0 Å². The molecule has 0 bridgehead atoms. The Balaban J connectivity index is 2.29. The molecular formula is C10H12N4O3S. The topological polar surface area (TPSA) is 90.1 Å². The van der Waals surface area contributed by atoms with Gasteiger partial charge < -0.3 is 9.84 Å². The molecule has 2 aromatic rings. The third kappa shape index (κ3) is 2.54. The lowest BCUT2D eigenvalue weighted by Crippen LogP contribution is -2.10. The van der Waals surface area contributed by atoms with Crippen LogP contribution in [-0.2, 0) is 17.9 Å². The lowest BCUT2D eigenvalue weighted by Gasteiger charge is -2.04. The fourth-order valence-electron chi connectivity index (χ4n) is 1.54. The summed E-state index contributed by atoms with van der Waals surface area (Å²) in [4.78, 5) is 15.3. The van der Waals surface area contributed by atoms with Crippen LogP contribution >= 0.6 is 11.3 Å². The van der Waals surface area contributed by atoms with Gasteiger partial charge >= 0.3 is 5.97 Å². The summed E-state index contributed by atoms with van der Waals surface area (Å²) in [6, 6.07) is 0. The second-order valence-electron chi connectivity index (χ2n) is 3.64. The molecule has 0 unspecified atom stereocenters. The van der Waals surface area contributed by atoms with E-state index in [-0.39, 0.29) is 12.3 Å². The molecule has 96 valence electrons. The highest BCUT2D eigenvalue weighted by atomic mass is 32.1. The van der Waals surface area contributed by atoms with Crippen molar-refractivity contribution in [1.82, 2.24) is 20.0 Å². The third-order valence-electron chi connectivity index (χ3n) is 2.30. The van der Waals surface area contributed by atoms with Crippen molar-refractivity contribution in [3.63, 3.8) is 0 Å². The number of carboxylic acid groups (broad SMARTS) is 1. The Bertz CT molecular complexity index is 563. The largest absolute Gasteiger partial charge is 0.476 e. The molecule has 0 radical (unpaired) electrons. The highest BCUT2D eigenvalue weighted by molar-refractivity contribution is 7.09. The van der Waals surface area contributed by atoms with Gasteiger partial charge in [0, 0.05) is 12.5 Å². The summed E-state index contributed by atoms with van der Waals surface area (Å²) in [7, 11) is 1.50. The summed E-state index contributed by atoms with van der Waals surface area (Å²) in [5, 5.41) is 19.3. The van der Waals surface area contributed by atoms with E-state index in [1.807, 2.05) is 12.3 Å². The van der Waals surface area contributed by atoms with E-state index in [2.05, 4.69) is 15.3 Å². The zero-order valence-electron chi connectivity index (χ0n) is 9.95. The molecule has 0 amide bonds. The van der Waals surface area contributed by atoms with Crippen LogP contribution in [0.4, 0.5) is 0 Å². The molecule has 0 saturated heterocycles. The number of hydrogen-bond acceptors (Lipinski definition) is 6. The minimum atomic E-state index is -1.11. The number of carbonyl (C=O) groups is 1. The van der Waals surface area contributed by atoms with Gasteiger partial charge in [-0.2, -0.15) is 0 Å². The quantitative estimate of drug-likeness (QED) is 0.867. The van der Waals surface area contributed by atoms with Gasteiger partial charge in [-0.3, -0.25) is 0 Å². The smallest absolute Gasteiger partial charge is 0.358 e. The fraction of sp³-hybridized carbons (Fsp3) is 0.400. The fourth-order valence-corrected chi connectivity index (χ4v) is 2.14. The molecule has 2 heterocycles. The van der Waals surface area contributed by atoms with Gasteiger partial charge in [0.05, 0.1) is 29.5 Å². The summed E-state index contributed by atoms with van der Waals surface area (Å²) in [5.74, 6) is -1.11. The van der Waals surface area contributed by atoms with Crippen molar-refractivity contribution in [1.29, 1.82) is 0 Å². The first-order valence-corrected chi connectivity index (χ1v) is 6.05. The van der Waals surface area contributed by atoms with E-state index in [0.717, 1.165) is 10.7 Å². The average molecular weight is 268 g/mol. The Hall–Kier alpha value is -1.80. The first-order valence-electron chi connectivity index (χ1n) is 5.17. The monoisotopic (exact) mass is 268 g/mol. The van der Waals surface area contributed by atoms with Gasteiger partial charge in [-0.05, 0) is 6.92 Å². The number of thiazole rings is 1. The zero-order chi connectivity index (χ0) is 13.1. The van der Waals surface area contributed by atoms with E-state index >= 15 is 0 Å². The summed E-state index contributed by atoms with van der Waals surface area (Å²) < 4.78 is 6.48. The van der Waals surface area contributed by atoms with E-state index in [9.17, 15) is 4.79 Å². The van der Waals surface area contributed by atoms with Gasteiger partial charge in [0.1, 0.15) is 0 Å². The lowest BCUT2D eigenvalue weighted by molar-refractivity contribution is 0.0684. The average Bonchev–Trinajstić information content (AvgIpc) is 2.88. The lowest BCUT2D eigenvalue weighted by atomic mass is 10.3. The predicted octanol–water partition coefficient (Wildman–Crippen LogP) is 0.936. The van der Waals surface area contributed by atoms with Gasteiger partial charge in [-0.15, -0.1) is 16.4 Å². The molecule has 0 fully saturated rings. The van der Waals surface area contributed by atoms with Crippen LogP contribution in [0.1, 0.15) is 26.9 Å². The minimum absolute atomic E-state index is 0.0798. The molecule has 7 nitrogen and oxygen atoms in total. The molecule has 0 aliphatic heterocycles. The number of carboxylic acids is 1. The molecule has 0 saturated carbocycles. The molecule has 2 rings (SSSR count). The van der Waals surface area contributed by atoms with Gasteiger partial charge in [0.15, 0.2) is 5.69 Å². The number of aromatic nitrogens is 4. The number of ether oxygens (including phenoxy) is 1. The molecule has 0 aliphatic rings. The van der Waals surface area contributed by atoms with Crippen LogP contribution in [0.25, 0.3) is 0 Å². The van der Waals surface area contributed by atoms with Crippen molar-refractivity contribution in [3.05, 3.63) is 27.5 Å². The first kappa shape index (κ1) is 12.7. The van der Waals surface area contributed by atoms with E-state index in [0.29, 0.717) is 12.2 Å². The number of methoxy groups -OCH3 is 1. The van der Waals surface area contributed by atoms with E-state index in [1.165, 1.54) is 23.1 Å². The van der Waals surface area contributed by atoms with Crippen molar-refractivity contribution >= 4 is 17.3 Å². The van der Waals surface area contributed by atoms with Crippen molar-refractivity contribution < 1.29 is 14.6 Å². The summed E-state index contributed by atoms with van der Waals surface area (Å²) in [6.45, 7) is 2.45. The van der Waals surface area contributed by atoms with Crippen molar-refractivity contribution in [3.8, 4) is 0 Å². The van der Waals surface area contributed by atoms with Crippen LogP contribution in [0.3, 0.4) is 0 Å². The molecule has 2 aromatic heterocycles. The molecule has 0 atom stereocenters. The SMILES string of the molecule is COCc1c(C(=O)O)nnn1Cc1csc(C)n1. The Morgan fingerprint density at radius 2 is 2.39 bits per heavy atom. The zero-order valence-corrected chi connectivity index (χ0v) is 10.8. The Kier molecular flexibility index (Phi) is 3.68. The van der Waals surface area contributed by atoms with Crippen molar-refractivity contribution in [2.45, 2.75) is 20.1 Å². The van der Waals surface area contributed by atoms with Gasteiger partial charge in [0.2, 0.25) is 0 Å². The predicted molar refractivity (Wildman–Crippen MR) is 63.6 cm³/mol. The second kappa shape index (κ2) is 5.23. The molecule has 0 aromatic carbocycles. The van der Waals surface area contributed by atoms with Crippen LogP contribution in [0.15, 0.2) is 5.38 Å². The van der Waals surface area contributed by atoms with Crippen LogP contribution in [0.5, 0.6) is 0 Å². The maximum Gasteiger partial charge on any atom is 0.358 e. The van der Waals surface area contributed by atoms with E-state index in [4.69, 9.17) is 9.84 Å². The van der Waals surface area contributed by atoms with Crippen LogP contribution in [0.2, 0.25) is 0 Å². The molecule has 18 heavy (non-hydrogen) atoms. The maximum atomic E-state index is 11.0. The summed E-state index contributed by atoms with van der Waals surface area (Å²) >= 11 is 1.54. The molecule has 0 aliphatic carbocycles. The minimum Gasteiger partial charge on any atom is -0.476 e. The Morgan fingerprint density at radius 3 is 2.94 bits per heavy atom. The maximum absolute atomic E-state index is 11.0. The summed E-state index contributed by atoms with van der Waals surface area (Å²) in [6.07, 6.45) is 0. The standard InChI is InChI=1S/C10H12N4O3S/c1-6-11-7(5-18-6)3-14-8(4-17-2)9(10(15)16)12-13-14/h5H,3-4H2,1-2H3,(H,15,16). The van der Waals surface area contributed by atoms with Gasteiger partial charge in [0.25, 0.3) is 0 Å². The van der Waals surface area contributed by atoms with E-state index in [1.54, 1.807) is 0 Å². The van der Waals surface area contributed by atoms with Crippen molar-refractivity contribution in [2.75, 3.05) is 7.11 Å². The number of nitrogens with zero attached hydrogens (tertiary/aromatic N) is 4.